The van der Waals surface area contributed by atoms with Crippen LogP contribution in [0, 0.1) is 0 Å². The van der Waals surface area contributed by atoms with Crippen LogP contribution in [0.5, 0.6) is 0 Å². The van der Waals surface area contributed by atoms with Gasteiger partial charge in [0.25, 0.3) is 5.91 Å². The highest BCUT2D eigenvalue weighted by Crippen LogP contribution is 2.10. The Labute approximate surface area is 142 Å². The van der Waals surface area contributed by atoms with E-state index >= 15 is 0 Å². The van der Waals surface area contributed by atoms with Crippen LogP contribution in [0.4, 0.5) is 0 Å². The maximum absolute atomic E-state index is 12.7. The Morgan fingerprint density at radius 3 is 2.29 bits per heavy atom. The van der Waals surface area contributed by atoms with E-state index in [2.05, 4.69) is 0 Å². The Hall–Kier alpha value is -2.63. The minimum atomic E-state index is -0.774. The third kappa shape index (κ3) is 5.87. The van der Waals surface area contributed by atoms with Gasteiger partial charge in [0.05, 0.1) is 13.2 Å². The van der Waals surface area contributed by atoms with Crippen LogP contribution in [-0.2, 0) is 19.1 Å². The van der Waals surface area contributed by atoms with Gasteiger partial charge in [0.2, 0.25) is 0 Å². The number of esters is 2. The Balaban J connectivity index is 2.92. The number of benzene rings is 1. The molecule has 24 heavy (non-hydrogen) atoms. The molecule has 1 rings (SSSR count). The van der Waals surface area contributed by atoms with Crippen LogP contribution in [0.2, 0.25) is 0 Å². The summed E-state index contributed by atoms with van der Waals surface area (Å²) in [7, 11) is 0. The quantitative estimate of drug-likeness (QED) is 0.539. The smallest absolute Gasteiger partial charge is 0.330 e. The van der Waals surface area contributed by atoms with Crippen molar-refractivity contribution in [3.8, 4) is 0 Å². The number of rotatable bonds is 8. The minimum absolute atomic E-state index is 0.0898. The largest absolute Gasteiger partial charge is 0.464 e. The van der Waals surface area contributed by atoms with Crippen LogP contribution in [0.3, 0.4) is 0 Å². The summed E-state index contributed by atoms with van der Waals surface area (Å²) in [4.78, 5) is 37.4. The molecule has 0 heterocycles. The molecule has 6 heteroatoms. The van der Waals surface area contributed by atoms with Crippen molar-refractivity contribution in [2.45, 2.75) is 26.8 Å². The molecular weight excluding hydrogens is 310 g/mol. The van der Waals surface area contributed by atoms with E-state index in [0.29, 0.717) is 5.56 Å². The van der Waals surface area contributed by atoms with Crippen molar-refractivity contribution < 1.29 is 23.9 Å². The topological polar surface area (TPSA) is 72.9 Å². The molecule has 1 aromatic rings. The van der Waals surface area contributed by atoms with Gasteiger partial charge in [-0.2, -0.15) is 0 Å². The Morgan fingerprint density at radius 1 is 1.08 bits per heavy atom. The van der Waals surface area contributed by atoms with E-state index in [9.17, 15) is 14.4 Å². The van der Waals surface area contributed by atoms with Crippen LogP contribution in [0.1, 0.15) is 31.1 Å². The summed E-state index contributed by atoms with van der Waals surface area (Å²) in [6.07, 6.45) is 2.74. The number of hydrogen-bond donors (Lipinski definition) is 0. The molecule has 0 N–H and O–H groups in total. The van der Waals surface area contributed by atoms with Crippen molar-refractivity contribution >= 4 is 17.8 Å². The molecule has 0 aliphatic rings. The summed E-state index contributed by atoms with van der Waals surface area (Å²) in [5, 5.41) is 0. The minimum Gasteiger partial charge on any atom is -0.464 e. The molecule has 0 spiro atoms. The molecule has 1 amide bonds. The van der Waals surface area contributed by atoms with Crippen LogP contribution in [0.25, 0.3) is 0 Å². The Morgan fingerprint density at radius 2 is 1.71 bits per heavy atom. The highest BCUT2D eigenvalue weighted by molar-refractivity contribution is 5.96. The second kappa shape index (κ2) is 10.2. The van der Waals surface area contributed by atoms with Crippen molar-refractivity contribution in [2.75, 3.05) is 19.8 Å². The van der Waals surface area contributed by atoms with E-state index in [-0.39, 0.29) is 25.7 Å². The first-order chi connectivity index (χ1) is 11.5. The molecule has 0 fully saturated rings. The van der Waals surface area contributed by atoms with E-state index in [0.717, 1.165) is 0 Å². The molecule has 6 nitrogen and oxygen atoms in total. The molecule has 130 valence electrons. The van der Waals surface area contributed by atoms with E-state index in [4.69, 9.17) is 9.47 Å². The standard InChI is InChI=1S/C18H23NO5/c1-4-23-16(20)12-9-13-19(14(3)18(22)24-5-2)17(21)15-10-7-6-8-11-15/h6-12,14H,4-5,13H2,1-3H3/b12-9+/t14-/m0/s1. The number of hydrogen-bond acceptors (Lipinski definition) is 5. The summed E-state index contributed by atoms with van der Waals surface area (Å²) < 4.78 is 9.78. The van der Waals surface area contributed by atoms with Crippen molar-refractivity contribution in [2.24, 2.45) is 0 Å². The van der Waals surface area contributed by atoms with Crippen LogP contribution < -0.4 is 0 Å². The summed E-state index contributed by atoms with van der Waals surface area (Å²) >= 11 is 0. The lowest BCUT2D eigenvalue weighted by Crippen LogP contribution is -2.44. The third-order valence-electron chi connectivity index (χ3n) is 3.22. The predicted molar refractivity (Wildman–Crippen MR) is 89.3 cm³/mol. The van der Waals surface area contributed by atoms with Gasteiger partial charge in [0.1, 0.15) is 6.04 Å². The van der Waals surface area contributed by atoms with Gasteiger partial charge < -0.3 is 14.4 Å². The van der Waals surface area contributed by atoms with E-state index in [1.54, 1.807) is 51.1 Å². The van der Waals surface area contributed by atoms with Crippen molar-refractivity contribution in [1.29, 1.82) is 0 Å². The molecule has 0 aliphatic carbocycles. The van der Waals surface area contributed by atoms with Crippen molar-refractivity contribution in [3.05, 3.63) is 48.0 Å². The normalized spacial score (nSPS) is 11.8. The SMILES string of the molecule is CCOC(=O)/C=C/CN(C(=O)c1ccccc1)[C@@H](C)C(=O)OCC. The van der Waals surface area contributed by atoms with Crippen LogP contribution in [0.15, 0.2) is 42.5 Å². The fourth-order valence-corrected chi connectivity index (χ4v) is 2.01. The Kier molecular flexibility index (Phi) is 8.25. The summed E-state index contributed by atoms with van der Waals surface area (Å²) in [5.74, 6) is -1.30. The monoisotopic (exact) mass is 333 g/mol. The van der Waals surface area contributed by atoms with Gasteiger partial charge in [-0.3, -0.25) is 4.79 Å². The third-order valence-corrected chi connectivity index (χ3v) is 3.22. The fourth-order valence-electron chi connectivity index (χ4n) is 2.01. The number of carbonyl (C=O) groups excluding carboxylic acids is 3. The first-order valence-electron chi connectivity index (χ1n) is 7.87. The molecule has 1 aromatic carbocycles. The maximum Gasteiger partial charge on any atom is 0.330 e. The molecule has 0 unspecified atom stereocenters. The fraction of sp³-hybridized carbons (Fsp3) is 0.389. The zero-order chi connectivity index (χ0) is 17.9. The van der Waals surface area contributed by atoms with Crippen molar-refractivity contribution in [3.63, 3.8) is 0 Å². The molecule has 0 bridgehead atoms. The predicted octanol–water partition coefficient (Wildman–Crippen LogP) is 2.20. The zero-order valence-electron chi connectivity index (χ0n) is 14.2. The second-order valence-electron chi connectivity index (χ2n) is 4.91. The maximum atomic E-state index is 12.7. The average Bonchev–Trinajstić information content (AvgIpc) is 2.59. The molecular formula is C18H23NO5. The second-order valence-corrected chi connectivity index (χ2v) is 4.91. The zero-order valence-corrected chi connectivity index (χ0v) is 14.2. The summed E-state index contributed by atoms with van der Waals surface area (Å²) in [6, 6.07) is 7.86. The number of nitrogens with zero attached hydrogens (tertiary/aromatic N) is 1. The van der Waals surface area contributed by atoms with Crippen molar-refractivity contribution in [1.82, 2.24) is 4.90 Å². The first-order valence-corrected chi connectivity index (χ1v) is 7.87. The molecule has 0 aromatic heterocycles. The van der Waals surface area contributed by atoms with E-state index in [1.807, 2.05) is 0 Å². The molecule has 0 radical (unpaired) electrons. The van der Waals surface area contributed by atoms with Gasteiger partial charge in [-0.15, -0.1) is 0 Å². The highest BCUT2D eigenvalue weighted by Gasteiger charge is 2.26. The average molecular weight is 333 g/mol. The lowest BCUT2D eigenvalue weighted by atomic mass is 10.1. The lowest BCUT2D eigenvalue weighted by Gasteiger charge is -2.26. The van der Waals surface area contributed by atoms with Gasteiger partial charge in [-0.05, 0) is 32.9 Å². The van der Waals surface area contributed by atoms with Gasteiger partial charge in [0, 0.05) is 18.2 Å². The number of ether oxygens (including phenoxy) is 2. The van der Waals surface area contributed by atoms with Gasteiger partial charge in [-0.25, -0.2) is 9.59 Å². The first kappa shape index (κ1) is 19.4. The van der Waals surface area contributed by atoms with Gasteiger partial charge in [0.15, 0.2) is 0 Å². The van der Waals surface area contributed by atoms with Crippen LogP contribution in [-0.4, -0.2) is 48.5 Å². The summed E-state index contributed by atoms with van der Waals surface area (Å²) in [5.41, 5.74) is 0.457. The van der Waals surface area contributed by atoms with Gasteiger partial charge in [-0.1, -0.05) is 24.3 Å². The van der Waals surface area contributed by atoms with E-state index < -0.39 is 18.0 Å². The molecule has 0 saturated heterocycles. The van der Waals surface area contributed by atoms with Gasteiger partial charge >= 0.3 is 11.9 Å². The molecule has 1 atom stereocenters. The molecule has 0 aliphatic heterocycles. The summed E-state index contributed by atoms with van der Waals surface area (Å²) in [6.45, 7) is 5.60. The number of carbonyl (C=O) groups is 3. The number of amides is 1. The van der Waals surface area contributed by atoms with E-state index in [1.165, 1.54) is 17.1 Å². The Bertz CT molecular complexity index is 582. The van der Waals surface area contributed by atoms with Crippen LogP contribution >= 0.6 is 0 Å². The lowest BCUT2D eigenvalue weighted by molar-refractivity contribution is -0.147. The highest BCUT2D eigenvalue weighted by atomic mass is 16.5. The molecule has 0 saturated carbocycles.